The number of nitrogens with one attached hydrogen (secondary N) is 3. The molecular formula is C51H60BrF2N10O6P. The van der Waals surface area contributed by atoms with Gasteiger partial charge in [-0.3, -0.25) is 29.6 Å². The largest absolute Gasteiger partial charge is 0.494 e. The summed E-state index contributed by atoms with van der Waals surface area (Å²) in [5.74, 6) is -2.13. The molecule has 4 aliphatic heterocycles. The van der Waals surface area contributed by atoms with E-state index in [1.807, 2.05) is 41.0 Å². The Kier molecular flexibility index (Phi) is 14.8. The summed E-state index contributed by atoms with van der Waals surface area (Å²) in [6, 6.07) is 14.7. The summed E-state index contributed by atoms with van der Waals surface area (Å²) in [5, 5.41) is 10.5. The molecule has 6 heterocycles. The number of carbonyl (C=O) groups is 3. The van der Waals surface area contributed by atoms with E-state index in [1.165, 1.54) is 17.7 Å². The van der Waals surface area contributed by atoms with Gasteiger partial charge >= 0.3 is 0 Å². The summed E-state index contributed by atoms with van der Waals surface area (Å²) in [7, 11) is -1.09. The monoisotopic (exact) mass is 1060 g/mol. The van der Waals surface area contributed by atoms with Crippen molar-refractivity contribution in [1.29, 1.82) is 0 Å². The van der Waals surface area contributed by atoms with Crippen molar-refractivity contribution < 1.29 is 37.2 Å². The second kappa shape index (κ2) is 21.0. The van der Waals surface area contributed by atoms with Crippen molar-refractivity contribution in [1.82, 2.24) is 30.1 Å². The summed E-state index contributed by atoms with van der Waals surface area (Å²) >= 11 is 3.61. The number of pyridine rings is 1. The second-order valence-corrected chi connectivity index (χ2v) is 23.1. The number of carbonyl (C=O) groups excluding carboxylic acids is 3. The number of halogens is 3. The molecule has 3 N–H and O–H groups in total. The van der Waals surface area contributed by atoms with Gasteiger partial charge in [-0.15, -0.1) is 0 Å². The number of ether oxygens (including phenoxy) is 2. The maximum absolute atomic E-state index is 15.1. The summed E-state index contributed by atoms with van der Waals surface area (Å²) < 4.78 is 55.9. The van der Waals surface area contributed by atoms with E-state index in [1.54, 1.807) is 26.6 Å². The third-order valence-corrected chi connectivity index (χ3v) is 16.3. The lowest BCUT2D eigenvalue weighted by molar-refractivity contribution is -0.139. The zero-order valence-corrected chi connectivity index (χ0v) is 43.2. The fourth-order valence-electron chi connectivity index (χ4n) is 10.4. The Morgan fingerprint density at radius 3 is 2.24 bits per heavy atom. The van der Waals surface area contributed by atoms with Gasteiger partial charge < -0.3 is 39.4 Å². The molecule has 0 radical (unpaired) electrons. The lowest BCUT2D eigenvalue weighted by Gasteiger charge is -2.44. The number of anilines is 6. The van der Waals surface area contributed by atoms with Gasteiger partial charge in [0, 0.05) is 129 Å². The summed E-state index contributed by atoms with van der Waals surface area (Å²) in [4.78, 5) is 60.2. The average Bonchev–Trinajstić information content (AvgIpc) is 3.36. The Morgan fingerprint density at radius 1 is 0.873 bits per heavy atom. The number of hydrogen-bond donors (Lipinski definition) is 3. The van der Waals surface area contributed by atoms with Crippen LogP contribution in [0.4, 0.5) is 43.3 Å². The first-order valence-electron chi connectivity index (χ1n) is 24.3. The van der Waals surface area contributed by atoms with Gasteiger partial charge in [0.2, 0.25) is 17.8 Å². The zero-order chi connectivity index (χ0) is 50.1. The molecule has 376 valence electrons. The Morgan fingerprint density at radius 2 is 1.58 bits per heavy atom. The van der Waals surface area contributed by atoms with Crippen molar-refractivity contribution in [2.24, 2.45) is 5.92 Å². The Bertz CT molecular complexity index is 2880. The predicted molar refractivity (Wildman–Crippen MR) is 276 cm³/mol. The van der Waals surface area contributed by atoms with Crippen molar-refractivity contribution in [2.45, 2.75) is 70.9 Å². The third-order valence-electron chi connectivity index (χ3n) is 14.1. The lowest BCUT2D eigenvalue weighted by atomic mass is 9.94. The van der Waals surface area contributed by atoms with Gasteiger partial charge in [0.15, 0.2) is 23.5 Å². The van der Waals surface area contributed by atoms with Crippen LogP contribution in [0.25, 0.3) is 10.9 Å². The van der Waals surface area contributed by atoms with Crippen LogP contribution < -0.4 is 40.5 Å². The number of fused-ring (bicyclic) bond motifs is 1. The first-order valence-corrected chi connectivity index (χ1v) is 27.7. The lowest BCUT2D eigenvalue weighted by Crippen LogP contribution is -2.55. The van der Waals surface area contributed by atoms with Crippen molar-refractivity contribution in [3.63, 3.8) is 0 Å². The van der Waals surface area contributed by atoms with Gasteiger partial charge in [-0.2, -0.15) is 4.98 Å². The highest BCUT2D eigenvalue weighted by atomic mass is 79.9. The molecule has 4 saturated heterocycles. The number of hydrogen-bond acceptors (Lipinski definition) is 14. The minimum atomic E-state index is -2.75. The topological polar surface area (TPSA) is 174 Å². The zero-order valence-electron chi connectivity index (χ0n) is 40.7. The molecular weight excluding hydrogens is 997 g/mol. The van der Waals surface area contributed by atoms with E-state index in [0.29, 0.717) is 83.7 Å². The molecule has 0 spiro atoms. The number of piperidine rings is 3. The standard InChI is InChI=1S/C51H60BrF2N10O6P/c1-6-31-25-41(58-51-55-29-36(52)48(60-51)57-40-10-9-39-35(8-7-30(2)56-39)47(40)71(4,5)68)44(69-3)28-42(31)63-19-15-33(16-20-63)62-21-23-64(24-22-62)50(67)32-13-17-61(18-14-32)34-26-37(53)46(38(54)27-34)70-43-11-12-45(65)59-49(43)66/h7-10,25-29,32-33,43H,6,11-24H2,1-5H3,(H,59,65,66)(H2,55,57,58,60). The molecule has 9 rings (SSSR count). The van der Waals surface area contributed by atoms with E-state index in [2.05, 4.69) is 70.7 Å². The molecule has 4 fully saturated rings. The molecule has 20 heteroatoms. The number of rotatable bonds is 13. The number of methoxy groups -OCH3 is 1. The van der Waals surface area contributed by atoms with Gasteiger partial charge in [0.1, 0.15) is 18.7 Å². The Hall–Kier alpha value is -5.91. The molecule has 3 amide bonds. The van der Waals surface area contributed by atoms with Crippen LogP contribution in [0.1, 0.15) is 56.7 Å². The average molecular weight is 1060 g/mol. The van der Waals surface area contributed by atoms with Crippen LogP contribution in [-0.4, -0.2) is 127 Å². The minimum absolute atomic E-state index is 0.0302. The minimum Gasteiger partial charge on any atom is -0.494 e. The highest BCUT2D eigenvalue weighted by molar-refractivity contribution is 9.10. The van der Waals surface area contributed by atoms with Crippen LogP contribution in [-0.2, 0) is 25.4 Å². The van der Waals surface area contributed by atoms with E-state index in [9.17, 15) is 18.9 Å². The van der Waals surface area contributed by atoms with Crippen molar-refractivity contribution >= 4 is 91.5 Å². The highest BCUT2D eigenvalue weighted by Crippen LogP contribution is 2.43. The van der Waals surface area contributed by atoms with Crippen LogP contribution in [0.3, 0.4) is 0 Å². The van der Waals surface area contributed by atoms with Crippen molar-refractivity contribution in [3.05, 3.63) is 82.1 Å². The molecule has 0 saturated carbocycles. The van der Waals surface area contributed by atoms with Crippen LogP contribution in [0.2, 0.25) is 0 Å². The molecule has 1 unspecified atom stereocenters. The predicted octanol–water partition coefficient (Wildman–Crippen LogP) is 7.89. The number of amides is 3. The maximum atomic E-state index is 15.1. The fraction of sp³-hybridized carbons (Fsp3) is 0.451. The maximum Gasteiger partial charge on any atom is 0.267 e. The molecule has 71 heavy (non-hydrogen) atoms. The quantitative estimate of drug-likeness (QED) is 0.0767. The van der Waals surface area contributed by atoms with E-state index >= 15 is 8.78 Å². The molecule has 4 aliphatic rings. The Balaban J connectivity index is 0.772. The smallest absolute Gasteiger partial charge is 0.267 e. The van der Waals surface area contributed by atoms with Gasteiger partial charge in [-0.25, -0.2) is 13.8 Å². The van der Waals surface area contributed by atoms with Crippen LogP contribution in [0.15, 0.2) is 59.2 Å². The van der Waals surface area contributed by atoms with Gasteiger partial charge in [0.25, 0.3) is 5.91 Å². The van der Waals surface area contributed by atoms with Crippen LogP contribution >= 0.6 is 23.1 Å². The Labute approximate surface area is 420 Å². The number of aryl methyl sites for hydroxylation is 2. The molecule has 1 atom stereocenters. The van der Waals surface area contributed by atoms with E-state index in [0.717, 1.165) is 73.4 Å². The first kappa shape index (κ1) is 50.0. The molecule has 16 nitrogen and oxygen atoms in total. The SMILES string of the molecule is CCc1cc(Nc2ncc(Br)c(Nc3ccc4nc(C)ccc4c3P(C)(C)=O)n2)c(OC)cc1N1CCC(N2CCN(C(=O)C3CCN(c4cc(F)c(OC5CCC(=O)NC5=O)c(F)c4)CC3)CC2)CC1. The van der Waals surface area contributed by atoms with Crippen molar-refractivity contribution in [2.75, 3.05) is 93.2 Å². The van der Waals surface area contributed by atoms with Gasteiger partial charge in [-0.1, -0.05) is 13.0 Å². The van der Waals surface area contributed by atoms with Crippen molar-refractivity contribution in [3.8, 4) is 11.5 Å². The van der Waals surface area contributed by atoms with Crippen LogP contribution in [0.5, 0.6) is 11.5 Å². The number of benzene rings is 3. The summed E-state index contributed by atoms with van der Waals surface area (Å²) in [6.45, 7) is 13.3. The van der Waals surface area contributed by atoms with E-state index < -0.39 is 42.4 Å². The first-order chi connectivity index (χ1) is 34.1. The van der Waals surface area contributed by atoms with Gasteiger partial charge in [0.05, 0.1) is 28.5 Å². The highest BCUT2D eigenvalue weighted by Gasteiger charge is 2.35. The molecule has 0 aliphatic carbocycles. The number of nitrogens with zero attached hydrogens (tertiary/aromatic N) is 7. The molecule has 3 aromatic carbocycles. The molecule has 2 aromatic heterocycles. The molecule has 5 aromatic rings. The number of aromatic nitrogens is 3. The summed E-state index contributed by atoms with van der Waals surface area (Å²) in [6.07, 6.45) is 4.53. The van der Waals surface area contributed by atoms with Gasteiger partial charge in [-0.05, 0) is 98.1 Å². The number of piperazine rings is 1. The fourth-order valence-corrected chi connectivity index (χ4v) is 12.2. The second-order valence-electron chi connectivity index (χ2n) is 19.1. The van der Waals surface area contributed by atoms with Crippen LogP contribution in [0, 0.1) is 24.5 Å². The van der Waals surface area contributed by atoms with E-state index in [-0.39, 0.29) is 24.7 Å². The van der Waals surface area contributed by atoms with E-state index in [4.69, 9.17) is 14.5 Å². The molecule has 0 bridgehead atoms. The number of imide groups is 1. The summed E-state index contributed by atoms with van der Waals surface area (Å²) in [5.41, 5.74) is 5.76. The third kappa shape index (κ3) is 11.0. The normalized spacial score (nSPS) is 18.7.